The molecule has 3 nitrogen and oxygen atoms in total. The Morgan fingerprint density at radius 2 is 1.70 bits per heavy atom. The van der Waals surface area contributed by atoms with Crippen molar-refractivity contribution in [1.29, 1.82) is 0 Å². The largest absolute Gasteiger partial charge is 0.252 e. The van der Waals surface area contributed by atoms with Gasteiger partial charge < -0.3 is 0 Å². The minimum Gasteiger partial charge on any atom is -0.252 e. The predicted molar refractivity (Wildman–Crippen MR) is 97.4 cm³/mol. The summed E-state index contributed by atoms with van der Waals surface area (Å²) in [6.07, 6.45) is 0.807. The maximum absolute atomic E-state index is 4.97. The molecule has 0 bridgehead atoms. The van der Waals surface area contributed by atoms with Gasteiger partial charge in [0.1, 0.15) is 0 Å². The first-order valence-electron chi connectivity index (χ1n) is 7.70. The monoisotopic (exact) mass is 319 g/mol. The Labute approximate surface area is 140 Å². The summed E-state index contributed by atoms with van der Waals surface area (Å²) in [6, 6.07) is 21.0. The van der Waals surface area contributed by atoms with Crippen molar-refractivity contribution in [3.05, 3.63) is 82.9 Å². The summed E-state index contributed by atoms with van der Waals surface area (Å²) in [7, 11) is 0. The van der Waals surface area contributed by atoms with Gasteiger partial charge in [-0.1, -0.05) is 72.4 Å². The molecule has 0 N–H and O–H groups in total. The van der Waals surface area contributed by atoms with Gasteiger partial charge in [-0.05, 0) is 18.1 Å². The molecule has 1 unspecified atom stereocenters. The third-order valence-electron chi connectivity index (χ3n) is 4.02. The van der Waals surface area contributed by atoms with Gasteiger partial charge in [-0.3, -0.25) is 4.99 Å². The van der Waals surface area contributed by atoms with E-state index in [1.807, 2.05) is 17.1 Å². The fraction of sp³-hybridized carbons (Fsp3) is 0.158. The van der Waals surface area contributed by atoms with Crippen molar-refractivity contribution >= 4 is 22.6 Å². The van der Waals surface area contributed by atoms with Crippen LogP contribution in [0.3, 0.4) is 0 Å². The van der Waals surface area contributed by atoms with Crippen LogP contribution in [0.4, 0.5) is 0 Å². The molecular weight excluding hydrogens is 302 g/mol. The normalized spacial score (nSPS) is 20.3. The van der Waals surface area contributed by atoms with E-state index in [4.69, 9.17) is 10.1 Å². The van der Waals surface area contributed by atoms with Gasteiger partial charge in [0.25, 0.3) is 0 Å². The van der Waals surface area contributed by atoms with Crippen LogP contribution in [0, 0.1) is 0 Å². The first-order chi connectivity index (χ1) is 11.3. The van der Waals surface area contributed by atoms with Crippen molar-refractivity contribution in [3.8, 4) is 0 Å². The molecule has 0 spiro atoms. The predicted octanol–water partition coefficient (Wildman–Crippen LogP) is 4.80. The van der Waals surface area contributed by atoms with E-state index in [9.17, 15) is 0 Å². The lowest BCUT2D eigenvalue weighted by Crippen LogP contribution is -2.17. The number of hydrogen-bond donors (Lipinski definition) is 0. The molecule has 2 aromatic carbocycles. The number of aliphatic imine (C=N–C) groups is 1. The maximum Gasteiger partial charge on any atom is 0.189 e. The zero-order chi connectivity index (χ0) is 15.6. The van der Waals surface area contributed by atoms with Gasteiger partial charge in [0.05, 0.1) is 11.8 Å². The number of allylic oxidation sites excluding steroid dienone is 1. The first-order valence-corrected chi connectivity index (χ1v) is 8.58. The summed E-state index contributed by atoms with van der Waals surface area (Å²) >= 11 is 1.65. The molecular formula is C19H17N3S. The molecule has 1 atom stereocenters. The number of hydrazone groups is 1. The van der Waals surface area contributed by atoms with Crippen LogP contribution >= 0.6 is 11.8 Å². The van der Waals surface area contributed by atoms with E-state index in [-0.39, 0.29) is 6.04 Å². The van der Waals surface area contributed by atoms with E-state index in [0.29, 0.717) is 0 Å². The average Bonchev–Trinajstić information content (AvgIpc) is 2.84. The van der Waals surface area contributed by atoms with Crippen molar-refractivity contribution in [1.82, 2.24) is 5.01 Å². The highest BCUT2D eigenvalue weighted by molar-refractivity contribution is 8.16. The average molecular weight is 319 g/mol. The van der Waals surface area contributed by atoms with E-state index >= 15 is 0 Å². The molecule has 0 fully saturated rings. The first kappa shape index (κ1) is 14.3. The Bertz CT molecular complexity index is 794. The van der Waals surface area contributed by atoms with Crippen LogP contribution in [-0.2, 0) is 0 Å². The lowest BCUT2D eigenvalue weighted by molar-refractivity contribution is 0.569. The summed E-state index contributed by atoms with van der Waals surface area (Å²) in [4.78, 5) is 4.97. The molecule has 0 saturated heterocycles. The topological polar surface area (TPSA) is 28.0 Å². The minimum atomic E-state index is 0.0990. The Balaban J connectivity index is 1.78. The molecule has 4 rings (SSSR count). The second-order valence-electron chi connectivity index (χ2n) is 5.64. The third-order valence-corrected chi connectivity index (χ3v) is 4.96. The number of fused-ring (bicyclic) bond motifs is 1. The molecule has 4 heteroatoms. The summed E-state index contributed by atoms with van der Waals surface area (Å²) < 4.78 is 0. The van der Waals surface area contributed by atoms with Crippen LogP contribution in [0.5, 0.6) is 0 Å². The maximum atomic E-state index is 4.97. The molecule has 2 heterocycles. The molecule has 0 aromatic heterocycles. The number of hydrogen-bond acceptors (Lipinski definition) is 4. The van der Waals surface area contributed by atoms with Crippen LogP contribution in [-0.4, -0.2) is 15.9 Å². The molecule has 114 valence electrons. The molecule has 23 heavy (non-hydrogen) atoms. The number of rotatable bonds is 2. The molecule has 0 saturated carbocycles. The number of amidine groups is 1. The fourth-order valence-electron chi connectivity index (χ4n) is 2.79. The molecule has 0 radical (unpaired) electrons. The summed E-state index contributed by atoms with van der Waals surface area (Å²) in [6.45, 7) is 2.07. The lowest BCUT2D eigenvalue weighted by Gasteiger charge is -2.13. The molecule has 2 aliphatic heterocycles. The zero-order valence-corrected chi connectivity index (χ0v) is 13.7. The molecule has 2 aromatic rings. The highest BCUT2D eigenvalue weighted by Gasteiger charge is 2.27. The van der Waals surface area contributed by atoms with Crippen molar-refractivity contribution in [2.24, 2.45) is 10.1 Å². The van der Waals surface area contributed by atoms with Gasteiger partial charge in [0.15, 0.2) is 5.17 Å². The van der Waals surface area contributed by atoms with Gasteiger partial charge in [-0.25, -0.2) is 5.01 Å². The minimum absolute atomic E-state index is 0.0990. The summed E-state index contributed by atoms with van der Waals surface area (Å²) in [5.74, 6) is 0. The van der Waals surface area contributed by atoms with Gasteiger partial charge in [0.2, 0.25) is 0 Å². The van der Waals surface area contributed by atoms with Crippen LogP contribution in [0.15, 0.2) is 81.9 Å². The van der Waals surface area contributed by atoms with Crippen molar-refractivity contribution < 1.29 is 0 Å². The number of nitrogens with zero attached hydrogens (tertiary/aromatic N) is 3. The summed E-state index contributed by atoms with van der Waals surface area (Å²) in [5.41, 5.74) is 4.59. The van der Waals surface area contributed by atoms with E-state index in [1.165, 1.54) is 5.56 Å². The van der Waals surface area contributed by atoms with Crippen LogP contribution in [0.2, 0.25) is 0 Å². The van der Waals surface area contributed by atoms with E-state index < -0.39 is 0 Å². The van der Waals surface area contributed by atoms with Crippen LogP contribution in [0.1, 0.15) is 30.5 Å². The quantitative estimate of drug-likeness (QED) is 0.795. The Morgan fingerprint density at radius 3 is 2.43 bits per heavy atom. The van der Waals surface area contributed by atoms with Crippen molar-refractivity contribution in [2.75, 3.05) is 0 Å². The van der Waals surface area contributed by atoms with Crippen LogP contribution < -0.4 is 0 Å². The standard InChI is InChI=1S/C19H17N3S/c1-14-13-23-19-20-17(15-8-4-2-5-9-15)12-18(21-22(14)19)16-10-6-3-7-11-16/h2-11,13,17H,12H2,1H3. The SMILES string of the molecule is CC1=CSC2=NC(c3ccccc3)CC(c3ccccc3)=NN12. The van der Waals surface area contributed by atoms with Crippen molar-refractivity contribution in [3.63, 3.8) is 0 Å². The Kier molecular flexibility index (Phi) is 3.75. The van der Waals surface area contributed by atoms with E-state index in [1.54, 1.807) is 11.8 Å². The molecule has 0 aliphatic carbocycles. The van der Waals surface area contributed by atoms with Gasteiger partial charge in [-0.2, -0.15) is 5.10 Å². The molecule has 2 aliphatic rings. The zero-order valence-electron chi connectivity index (χ0n) is 12.9. The summed E-state index contributed by atoms with van der Waals surface area (Å²) in [5, 5.41) is 9.93. The highest BCUT2D eigenvalue weighted by atomic mass is 32.2. The molecule has 0 amide bonds. The highest BCUT2D eigenvalue weighted by Crippen LogP contribution is 2.34. The Hall–Kier alpha value is -2.33. The number of benzene rings is 2. The second-order valence-corrected chi connectivity index (χ2v) is 6.48. The Morgan fingerprint density at radius 1 is 1.00 bits per heavy atom. The van der Waals surface area contributed by atoms with Gasteiger partial charge in [-0.15, -0.1) is 0 Å². The van der Waals surface area contributed by atoms with Gasteiger partial charge >= 0.3 is 0 Å². The van der Waals surface area contributed by atoms with Gasteiger partial charge in [0, 0.05) is 17.5 Å². The number of thioether (sulfide) groups is 1. The third kappa shape index (κ3) is 2.82. The lowest BCUT2D eigenvalue weighted by atomic mass is 9.98. The van der Waals surface area contributed by atoms with E-state index in [2.05, 4.69) is 60.9 Å². The van der Waals surface area contributed by atoms with Crippen molar-refractivity contribution in [2.45, 2.75) is 19.4 Å². The van der Waals surface area contributed by atoms with E-state index in [0.717, 1.165) is 28.6 Å². The fourth-order valence-corrected chi connectivity index (χ4v) is 3.64. The van der Waals surface area contributed by atoms with Crippen LogP contribution in [0.25, 0.3) is 0 Å². The smallest absolute Gasteiger partial charge is 0.189 e. The second kappa shape index (κ2) is 6.05.